The number of likely N-dealkylation sites (N-methyl/N-ethyl adjacent to an activating group) is 1. The summed E-state index contributed by atoms with van der Waals surface area (Å²) in [5.41, 5.74) is 6.51. The predicted molar refractivity (Wildman–Crippen MR) is 74.8 cm³/mol. The zero-order chi connectivity index (χ0) is 14.0. The number of carbonyl (C=O) groups excluding carboxylic acids is 1. The first-order valence-electron chi connectivity index (χ1n) is 6.62. The lowest BCUT2D eigenvalue weighted by atomic mass is 9.95. The molecule has 4 heteroatoms. The normalized spacial score (nSPS) is 17.7. The van der Waals surface area contributed by atoms with Crippen molar-refractivity contribution in [1.29, 1.82) is 0 Å². The summed E-state index contributed by atoms with van der Waals surface area (Å²) in [4.78, 5) is 14.1. The van der Waals surface area contributed by atoms with Crippen molar-refractivity contribution >= 4 is 5.91 Å². The molecule has 0 spiro atoms. The molecule has 104 valence electrons. The molecule has 0 radical (unpaired) electrons. The van der Waals surface area contributed by atoms with Gasteiger partial charge in [0.15, 0.2) is 0 Å². The van der Waals surface area contributed by atoms with E-state index < -0.39 is 5.54 Å². The highest BCUT2D eigenvalue weighted by Crippen LogP contribution is 2.38. The Morgan fingerprint density at radius 2 is 2.00 bits per heavy atom. The predicted octanol–water partition coefficient (Wildman–Crippen LogP) is 1.78. The molecule has 1 aromatic rings. The lowest BCUT2D eigenvalue weighted by Crippen LogP contribution is -2.53. The second kappa shape index (κ2) is 5.21. The van der Waals surface area contributed by atoms with Gasteiger partial charge in [0.2, 0.25) is 5.91 Å². The van der Waals surface area contributed by atoms with Crippen LogP contribution in [0.1, 0.15) is 25.3 Å². The first kappa shape index (κ1) is 13.9. The third-order valence-electron chi connectivity index (χ3n) is 3.81. The van der Waals surface area contributed by atoms with Crippen LogP contribution >= 0.6 is 0 Å². The number of rotatable bonds is 5. The average molecular weight is 262 g/mol. The Labute approximate surface area is 114 Å². The molecule has 1 amide bonds. The fourth-order valence-electron chi connectivity index (χ4n) is 2.35. The second-order valence-corrected chi connectivity index (χ2v) is 5.57. The van der Waals surface area contributed by atoms with Gasteiger partial charge in [0.05, 0.1) is 12.6 Å². The van der Waals surface area contributed by atoms with E-state index in [4.69, 9.17) is 10.5 Å². The Hall–Kier alpha value is -1.55. The van der Waals surface area contributed by atoms with Crippen LogP contribution in [0.4, 0.5) is 0 Å². The Bertz CT molecular complexity index is 450. The molecule has 0 heterocycles. The van der Waals surface area contributed by atoms with Crippen LogP contribution in [-0.4, -0.2) is 30.5 Å². The summed E-state index contributed by atoms with van der Waals surface area (Å²) in [6, 6.07) is 7.73. The van der Waals surface area contributed by atoms with Crippen molar-refractivity contribution in [2.24, 2.45) is 11.7 Å². The average Bonchev–Trinajstić information content (AvgIpc) is 3.23. The summed E-state index contributed by atoms with van der Waals surface area (Å²) in [5, 5.41) is 0. The van der Waals surface area contributed by atoms with Crippen LogP contribution in [-0.2, 0) is 11.3 Å². The summed E-state index contributed by atoms with van der Waals surface area (Å²) < 4.78 is 5.12. The van der Waals surface area contributed by atoms with Crippen molar-refractivity contribution in [3.05, 3.63) is 29.8 Å². The molecule has 1 atom stereocenters. The monoisotopic (exact) mass is 262 g/mol. The van der Waals surface area contributed by atoms with Crippen LogP contribution in [0.3, 0.4) is 0 Å². The largest absolute Gasteiger partial charge is 0.497 e. The first-order valence-corrected chi connectivity index (χ1v) is 6.62. The quantitative estimate of drug-likeness (QED) is 0.880. The molecule has 0 aliphatic heterocycles. The van der Waals surface area contributed by atoms with Gasteiger partial charge in [-0.25, -0.2) is 0 Å². The van der Waals surface area contributed by atoms with Gasteiger partial charge >= 0.3 is 0 Å². The van der Waals surface area contributed by atoms with E-state index in [2.05, 4.69) is 0 Å². The van der Waals surface area contributed by atoms with Gasteiger partial charge in [-0.05, 0) is 43.4 Å². The van der Waals surface area contributed by atoms with E-state index in [1.807, 2.05) is 31.2 Å². The van der Waals surface area contributed by atoms with E-state index >= 15 is 0 Å². The number of amides is 1. The minimum absolute atomic E-state index is 0.0193. The second-order valence-electron chi connectivity index (χ2n) is 5.57. The van der Waals surface area contributed by atoms with E-state index in [0.29, 0.717) is 12.5 Å². The molecule has 2 rings (SSSR count). The van der Waals surface area contributed by atoms with Gasteiger partial charge in [-0.1, -0.05) is 12.1 Å². The van der Waals surface area contributed by atoms with Gasteiger partial charge in [0.1, 0.15) is 5.75 Å². The first-order chi connectivity index (χ1) is 8.95. The number of carbonyl (C=O) groups is 1. The van der Waals surface area contributed by atoms with Gasteiger partial charge < -0.3 is 15.4 Å². The topological polar surface area (TPSA) is 55.6 Å². The molecule has 0 saturated heterocycles. The van der Waals surface area contributed by atoms with Crippen LogP contribution in [0.5, 0.6) is 5.75 Å². The van der Waals surface area contributed by atoms with Gasteiger partial charge in [0, 0.05) is 13.6 Å². The Morgan fingerprint density at radius 3 is 2.47 bits per heavy atom. The van der Waals surface area contributed by atoms with E-state index in [0.717, 1.165) is 24.2 Å². The van der Waals surface area contributed by atoms with Crippen molar-refractivity contribution in [3.8, 4) is 5.75 Å². The Morgan fingerprint density at radius 1 is 1.42 bits per heavy atom. The van der Waals surface area contributed by atoms with Crippen LogP contribution in [0, 0.1) is 5.92 Å². The Kier molecular flexibility index (Phi) is 3.80. The fraction of sp³-hybridized carbons (Fsp3) is 0.533. The third-order valence-corrected chi connectivity index (χ3v) is 3.81. The Balaban J connectivity index is 1.99. The van der Waals surface area contributed by atoms with Gasteiger partial charge in [-0.3, -0.25) is 4.79 Å². The minimum Gasteiger partial charge on any atom is -0.497 e. The smallest absolute Gasteiger partial charge is 0.242 e. The standard InChI is InChI=1S/C15H22N2O2/c1-15(16,12-6-7-12)14(18)17(2)10-11-4-8-13(19-3)9-5-11/h4-5,8-9,12H,6-7,10,16H2,1-3H3. The van der Waals surface area contributed by atoms with Crippen molar-refractivity contribution in [1.82, 2.24) is 4.90 Å². The van der Waals surface area contributed by atoms with E-state index in [-0.39, 0.29) is 5.91 Å². The fourth-order valence-corrected chi connectivity index (χ4v) is 2.35. The highest BCUT2D eigenvalue weighted by Gasteiger charge is 2.45. The number of nitrogens with zero attached hydrogens (tertiary/aromatic N) is 1. The molecule has 1 saturated carbocycles. The highest BCUT2D eigenvalue weighted by molar-refractivity contribution is 5.86. The van der Waals surface area contributed by atoms with E-state index in [9.17, 15) is 4.79 Å². The maximum atomic E-state index is 12.3. The van der Waals surface area contributed by atoms with Crippen molar-refractivity contribution in [2.75, 3.05) is 14.2 Å². The summed E-state index contributed by atoms with van der Waals surface area (Å²) in [7, 11) is 3.44. The number of hydrogen-bond donors (Lipinski definition) is 1. The summed E-state index contributed by atoms with van der Waals surface area (Å²) in [6.07, 6.45) is 2.13. The van der Waals surface area contributed by atoms with Crippen LogP contribution in [0.2, 0.25) is 0 Å². The van der Waals surface area contributed by atoms with Crippen LogP contribution < -0.4 is 10.5 Å². The van der Waals surface area contributed by atoms with Gasteiger partial charge in [-0.15, -0.1) is 0 Å². The van der Waals surface area contributed by atoms with E-state index in [1.54, 1.807) is 19.1 Å². The summed E-state index contributed by atoms with van der Waals surface area (Å²) in [6.45, 7) is 2.42. The van der Waals surface area contributed by atoms with Gasteiger partial charge in [0.25, 0.3) is 0 Å². The van der Waals surface area contributed by atoms with Crippen molar-refractivity contribution in [2.45, 2.75) is 31.8 Å². The SMILES string of the molecule is COc1ccc(CN(C)C(=O)C(C)(N)C2CC2)cc1. The molecule has 2 N–H and O–H groups in total. The number of benzene rings is 1. The zero-order valence-corrected chi connectivity index (χ0v) is 11.8. The molecular formula is C15H22N2O2. The molecule has 1 unspecified atom stereocenters. The van der Waals surface area contributed by atoms with Crippen molar-refractivity contribution in [3.63, 3.8) is 0 Å². The number of ether oxygens (including phenoxy) is 1. The molecule has 0 aromatic heterocycles. The van der Waals surface area contributed by atoms with E-state index in [1.165, 1.54) is 0 Å². The number of hydrogen-bond acceptors (Lipinski definition) is 3. The van der Waals surface area contributed by atoms with Crippen LogP contribution in [0.25, 0.3) is 0 Å². The lowest BCUT2D eigenvalue weighted by molar-refractivity contribution is -0.136. The zero-order valence-electron chi connectivity index (χ0n) is 11.8. The molecule has 0 bridgehead atoms. The molecular weight excluding hydrogens is 240 g/mol. The van der Waals surface area contributed by atoms with Crippen molar-refractivity contribution < 1.29 is 9.53 Å². The summed E-state index contributed by atoms with van der Waals surface area (Å²) in [5.74, 6) is 1.18. The lowest BCUT2D eigenvalue weighted by Gasteiger charge is -2.29. The maximum absolute atomic E-state index is 12.3. The minimum atomic E-state index is -0.721. The molecule has 1 aliphatic rings. The molecule has 1 aromatic carbocycles. The maximum Gasteiger partial charge on any atom is 0.242 e. The molecule has 1 aliphatic carbocycles. The highest BCUT2D eigenvalue weighted by atomic mass is 16.5. The molecule has 4 nitrogen and oxygen atoms in total. The van der Waals surface area contributed by atoms with Crippen LogP contribution in [0.15, 0.2) is 24.3 Å². The number of nitrogens with two attached hydrogens (primary N) is 1. The summed E-state index contributed by atoms with van der Waals surface area (Å²) >= 11 is 0. The number of methoxy groups -OCH3 is 1. The molecule has 19 heavy (non-hydrogen) atoms. The van der Waals surface area contributed by atoms with Gasteiger partial charge in [-0.2, -0.15) is 0 Å². The molecule has 1 fully saturated rings. The third kappa shape index (κ3) is 3.07.